The molecule has 4 heteroatoms. The van der Waals surface area contributed by atoms with Gasteiger partial charge in [-0.3, -0.25) is 0 Å². The van der Waals surface area contributed by atoms with Crippen molar-refractivity contribution in [3.63, 3.8) is 0 Å². The second kappa shape index (κ2) is 3.05. The summed E-state index contributed by atoms with van der Waals surface area (Å²) in [6, 6.07) is 4.49. The third-order valence-corrected chi connectivity index (χ3v) is 2.98. The van der Waals surface area contributed by atoms with Gasteiger partial charge in [-0.1, -0.05) is 0 Å². The first-order chi connectivity index (χ1) is 6.16. The number of hydrogen-bond acceptors (Lipinski definition) is 3. The van der Waals surface area contributed by atoms with Crippen LogP contribution in [-0.4, -0.2) is 4.98 Å². The minimum absolute atomic E-state index is 0.0829. The molecule has 1 aromatic carbocycles. The average Bonchev–Trinajstić information content (AvgIpc) is 2.46. The molecule has 0 unspecified atom stereocenters. The first kappa shape index (κ1) is 8.59. The molecule has 0 aliphatic heterocycles. The molecule has 2 N–H and O–H groups in total. The highest BCUT2D eigenvalue weighted by Crippen LogP contribution is 2.25. The first-order valence-electron chi connectivity index (χ1n) is 3.98. The number of benzene rings is 1. The van der Waals surface area contributed by atoms with Crippen LogP contribution in [0.2, 0.25) is 0 Å². The minimum Gasteiger partial charge on any atom is -0.322 e. The zero-order chi connectivity index (χ0) is 9.42. The number of aromatic nitrogens is 1. The standard InChI is InChI=1S/C9H9FN2S/c1-5(11)9-12-7-3-2-6(10)4-8(7)13-9/h2-5H,11H2,1H3/t5-/m0/s1. The minimum atomic E-state index is -0.229. The molecule has 0 saturated carbocycles. The van der Waals surface area contributed by atoms with Crippen LogP contribution in [0.15, 0.2) is 18.2 Å². The SMILES string of the molecule is C[C@H](N)c1nc2ccc(F)cc2s1. The number of nitrogens with two attached hydrogens (primary N) is 1. The van der Waals surface area contributed by atoms with Crippen molar-refractivity contribution in [2.75, 3.05) is 0 Å². The number of thiazole rings is 1. The van der Waals surface area contributed by atoms with Crippen molar-refractivity contribution in [3.8, 4) is 0 Å². The van der Waals surface area contributed by atoms with Crippen LogP contribution in [0, 0.1) is 5.82 Å². The van der Waals surface area contributed by atoms with Crippen LogP contribution in [0.5, 0.6) is 0 Å². The molecule has 0 saturated heterocycles. The van der Waals surface area contributed by atoms with Crippen molar-refractivity contribution in [1.29, 1.82) is 0 Å². The van der Waals surface area contributed by atoms with Gasteiger partial charge in [-0.15, -0.1) is 11.3 Å². The van der Waals surface area contributed by atoms with Gasteiger partial charge >= 0.3 is 0 Å². The highest BCUT2D eigenvalue weighted by atomic mass is 32.1. The maximum atomic E-state index is 12.8. The Kier molecular flexibility index (Phi) is 2.01. The molecule has 0 spiro atoms. The lowest BCUT2D eigenvalue weighted by atomic mass is 10.3. The van der Waals surface area contributed by atoms with E-state index in [1.807, 2.05) is 6.92 Å². The summed E-state index contributed by atoms with van der Waals surface area (Å²) in [6.07, 6.45) is 0. The van der Waals surface area contributed by atoms with Crippen molar-refractivity contribution in [3.05, 3.63) is 29.0 Å². The molecule has 0 amide bonds. The number of rotatable bonds is 1. The van der Waals surface area contributed by atoms with Crippen LogP contribution >= 0.6 is 11.3 Å². The number of halogens is 1. The van der Waals surface area contributed by atoms with Gasteiger partial charge in [-0.2, -0.15) is 0 Å². The molecule has 1 heterocycles. The monoisotopic (exact) mass is 196 g/mol. The van der Waals surface area contributed by atoms with Gasteiger partial charge in [0.2, 0.25) is 0 Å². The van der Waals surface area contributed by atoms with Gasteiger partial charge in [0, 0.05) is 0 Å². The van der Waals surface area contributed by atoms with Crippen molar-refractivity contribution >= 4 is 21.6 Å². The molecule has 1 aromatic heterocycles. The van der Waals surface area contributed by atoms with Crippen molar-refractivity contribution in [2.24, 2.45) is 5.73 Å². The summed E-state index contributed by atoms with van der Waals surface area (Å²) >= 11 is 1.44. The Hall–Kier alpha value is -1.000. The van der Waals surface area contributed by atoms with Crippen LogP contribution in [-0.2, 0) is 0 Å². The van der Waals surface area contributed by atoms with Crippen LogP contribution in [0.1, 0.15) is 18.0 Å². The van der Waals surface area contributed by atoms with Gasteiger partial charge in [0.1, 0.15) is 10.8 Å². The molecule has 1 atom stereocenters. The molecule has 0 aliphatic rings. The zero-order valence-corrected chi connectivity index (χ0v) is 7.94. The fraction of sp³-hybridized carbons (Fsp3) is 0.222. The quantitative estimate of drug-likeness (QED) is 0.760. The van der Waals surface area contributed by atoms with Gasteiger partial charge in [-0.05, 0) is 25.1 Å². The van der Waals surface area contributed by atoms with Gasteiger partial charge < -0.3 is 5.73 Å². The van der Waals surface area contributed by atoms with E-state index in [1.54, 1.807) is 6.07 Å². The summed E-state index contributed by atoms with van der Waals surface area (Å²) in [5.74, 6) is -0.229. The van der Waals surface area contributed by atoms with Crippen LogP contribution < -0.4 is 5.73 Å². The van der Waals surface area contributed by atoms with E-state index >= 15 is 0 Å². The smallest absolute Gasteiger partial charge is 0.124 e. The van der Waals surface area contributed by atoms with Gasteiger partial charge in [0.25, 0.3) is 0 Å². The third kappa shape index (κ3) is 1.55. The summed E-state index contributed by atoms with van der Waals surface area (Å²) < 4.78 is 13.6. The van der Waals surface area contributed by atoms with E-state index in [0.29, 0.717) is 0 Å². The largest absolute Gasteiger partial charge is 0.322 e. The van der Waals surface area contributed by atoms with Gasteiger partial charge in [0.05, 0.1) is 16.3 Å². The predicted molar refractivity (Wildman–Crippen MR) is 52.2 cm³/mol. The zero-order valence-electron chi connectivity index (χ0n) is 7.12. The molecule has 13 heavy (non-hydrogen) atoms. The molecule has 2 nitrogen and oxygen atoms in total. The number of fused-ring (bicyclic) bond motifs is 1. The van der Waals surface area contributed by atoms with E-state index in [4.69, 9.17) is 5.73 Å². The van der Waals surface area contributed by atoms with Crippen LogP contribution in [0.25, 0.3) is 10.2 Å². The Morgan fingerprint density at radius 2 is 2.31 bits per heavy atom. The van der Waals surface area contributed by atoms with Crippen LogP contribution in [0.4, 0.5) is 4.39 Å². The molecule has 2 aromatic rings. The Morgan fingerprint density at radius 3 is 3.00 bits per heavy atom. The first-order valence-corrected chi connectivity index (χ1v) is 4.80. The molecule has 2 rings (SSSR count). The third-order valence-electron chi connectivity index (χ3n) is 1.76. The topological polar surface area (TPSA) is 38.9 Å². The Balaban J connectivity index is 2.62. The average molecular weight is 196 g/mol. The fourth-order valence-corrected chi connectivity index (χ4v) is 2.06. The molecule has 0 fully saturated rings. The second-order valence-corrected chi connectivity index (χ2v) is 4.02. The predicted octanol–water partition coefficient (Wildman–Crippen LogP) is 2.46. The summed E-state index contributed by atoms with van der Waals surface area (Å²) in [5.41, 5.74) is 6.49. The Morgan fingerprint density at radius 1 is 1.54 bits per heavy atom. The highest BCUT2D eigenvalue weighted by Gasteiger charge is 2.07. The molecule has 0 aliphatic carbocycles. The van der Waals surface area contributed by atoms with Gasteiger partial charge in [0.15, 0.2) is 0 Å². The lowest BCUT2D eigenvalue weighted by Crippen LogP contribution is -2.03. The Labute approximate surface area is 79.2 Å². The maximum absolute atomic E-state index is 12.8. The molecular formula is C9H9FN2S. The van der Waals surface area contributed by atoms with Crippen molar-refractivity contribution < 1.29 is 4.39 Å². The Bertz CT molecular complexity index is 436. The second-order valence-electron chi connectivity index (χ2n) is 2.95. The molecular weight excluding hydrogens is 187 g/mol. The van der Waals surface area contributed by atoms with E-state index < -0.39 is 0 Å². The van der Waals surface area contributed by atoms with Gasteiger partial charge in [-0.25, -0.2) is 9.37 Å². The van der Waals surface area contributed by atoms with Crippen LogP contribution in [0.3, 0.4) is 0 Å². The summed E-state index contributed by atoms with van der Waals surface area (Å²) in [7, 11) is 0. The van der Waals surface area contributed by atoms with Crippen molar-refractivity contribution in [1.82, 2.24) is 4.98 Å². The lowest BCUT2D eigenvalue weighted by Gasteiger charge is -1.95. The molecule has 0 radical (unpaired) electrons. The highest BCUT2D eigenvalue weighted by molar-refractivity contribution is 7.18. The molecule has 0 bridgehead atoms. The fourth-order valence-electron chi connectivity index (χ4n) is 1.11. The summed E-state index contributed by atoms with van der Waals surface area (Å²) in [4.78, 5) is 4.28. The van der Waals surface area contributed by atoms with E-state index in [2.05, 4.69) is 4.98 Å². The van der Waals surface area contributed by atoms with E-state index in [9.17, 15) is 4.39 Å². The number of nitrogens with zero attached hydrogens (tertiary/aromatic N) is 1. The van der Waals surface area contributed by atoms with E-state index in [-0.39, 0.29) is 11.9 Å². The maximum Gasteiger partial charge on any atom is 0.124 e. The van der Waals surface area contributed by atoms with E-state index in [0.717, 1.165) is 15.2 Å². The van der Waals surface area contributed by atoms with Crippen molar-refractivity contribution in [2.45, 2.75) is 13.0 Å². The molecule has 68 valence electrons. The summed E-state index contributed by atoms with van der Waals surface area (Å²) in [6.45, 7) is 1.87. The number of hydrogen-bond donors (Lipinski definition) is 1. The van der Waals surface area contributed by atoms with E-state index in [1.165, 1.54) is 23.5 Å². The lowest BCUT2D eigenvalue weighted by molar-refractivity contribution is 0.630. The summed E-state index contributed by atoms with van der Waals surface area (Å²) in [5, 5.41) is 0.848. The normalized spacial score (nSPS) is 13.5.